The lowest BCUT2D eigenvalue weighted by Gasteiger charge is -2.21. The Bertz CT molecular complexity index is 690. The number of hydrogen-bond acceptors (Lipinski definition) is 3. The van der Waals surface area contributed by atoms with Crippen LogP contribution in [-0.4, -0.2) is 62.6 Å². The van der Waals surface area contributed by atoms with Gasteiger partial charge in [0.25, 0.3) is 0 Å². The third kappa shape index (κ3) is 5.17. The fourth-order valence-corrected chi connectivity index (χ4v) is 3.12. The van der Waals surface area contributed by atoms with Crippen LogP contribution in [0.3, 0.4) is 0 Å². The van der Waals surface area contributed by atoms with Crippen molar-refractivity contribution in [3.05, 3.63) is 28.2 Å². The van der Waals surface area contributed by atoms with Crippen molar-refractivity contribution in [2.75, 3.05) is 38.6 Å². The molecule has 1 heterocycles. The maximum Gasteiger partial charge on any atom is 0.243 e. The molecule has 1 aliphatic carbocycles. The van der Waals surface area contributed by atoms with E-state index in [9.17, 15) is 4.79 Å². The van der Waals surface area contributed by atoms with E-state index >= 15 is 0 Å². The molecule has 1 unspecified atom stereocenters. The number of aliphatic imine (C=N–C) groups is 1. The van der Waals surface area contributed by atoms with Crippen LogP contribution in [0.4, 0.5) is 5.69 Å². The monoisotopic (exact) mass is 397 g/mol. The van der Waals surface area contributed by atoms with Crippen molar-refractivity contribution in [2.45, 2.75) is 31.3 Å². The Labute approximate surface area is 164 Å². The predicted octanol–water partition coefficient (Wildman–Crippen LogP) is 2.36. The fourth-order valence-electron chi connectivity index (χ4n) is 2.83. The highest BCUT2D eigenvalue weighted by molar-refractivity contribution is 6.42. The number of halogens is 2. The van der Waals surface area contributed by atoms with Crippen molar-refractivity contribution in [1.82, 2.24) is 15.5 Å². The molecule has 142 valence electrons. The van der Waals surface area contributed by atoms with Gasteiger partial charge in [-0.2, -0.15) is 0 Å². The van der Waals surface area contributed by atoms with Gasteiger partial charge in [0.05, 0.1) is 10.0 Å². The summed E-state index contributed by atoms with van der Waals surface area (Å²) in [5.41, 5.74) is 1.07. The molecule has 3 rings (SSSR count). The number of hydrogen-bond donors (Lipinski definition) is 2. The van der Waals surface area contributed by atoms with Crippen LogP contribution in [-0.2, 0) is 4.79 Å². The van der Waals surface area contributed by atoms with Crippen LogP contribution in [0.5, 0.6) is 0 Å². The SMILES string of the molecule is CN(C)C(=O)CN=C(NC1CC1)NC1CCN(c2ccc(Cl)c(Cl)c2)C1. The normalized spacial score (nSPS) is 20.2. The van der Waals surface area contributed by atoms with Crippen LogP contribution in [0.1, 0.15) is 19.3 Å². The summed E-state index contributed by atoms with van der Waals surface area (Å²) in [5, 5.41) is 8.01. The van der Waals surface area contributed by atoms with Crippen molar-refractivity contribution in [2.24, 2.45) is 4.99 Å². The first-order chi connectivity index (χ1) is 12.4. The molecule has 0 aromatic heterocycles. The summed E-state index contributed by atoms with van der Waals surface area (Å²) >= 11 is 12.1. The standard InChI is InChI=1S/C18H25Cl2N5O/c1-24(2)17(26)10-21-18(22-12-3-4-12)23-13-7-8-25(11-13)14-5-6-15(19)16(20)9-14/h5-6,9,12-13H,3-4,7-8,10-11H2,1-2H3,(H2,21,22,23). The van der Waals surface area contributed by atoms with Crippen LogP contribution in [0.2, 0.25) is 10.0 Å². The Morgan fingerprint density at radius 3 is 2.58 bits per heavy atom. The number of anilines is 1. The zero-order valence-corrected chi connectivity index (χ0v) is 16.6. The quantitative estimate of drug-likeness (QED) is 0.591. The first-order valence-electron chi connectivity index (χ1n) is 8.90. The van der Waals surface area contributed by atoms with Gasteiger partial charge < -0.3 is 20.4 Å². The van der Waals surface area contributed by atoms with Gasteiger partial charge in [-0.15, -0.1) is 0 Å². The number of nitrogens with zero attached hydrogens (tertiary/aromatic N) is 3. The van der Waals surface area contributed by atoms with Gasteiger partial charge in [0, 0.05) is 45.0 Å². The minimum absolute atomic E-state index is 0.00856. The van der Waals surface area contributed by atoms with Gasteiger partial charge in [-0.3, -0.25) is 4.79 Å². The summed E-state index contributed by atoms with van der Waals surface area (Å²) in [4.78, 5) is 20.1. The van der Waals surface area contributed by atoms with Gasteiger partial charge in [-0.05, 0) is 37.5 Å². The topological polar surface area (TPSA) is 60.0 Å². The molecule has 0 spiro atoms. The molecule has 26 heavy (non-hydrogen) atoms. The molecule has 1 saturated carbocycles. The number of benzene rings is 1. The number of carbonyl (C=O) groups excluding carboxylic acids is 1. The van der Waals surface area contributed by atoms with Crippen molar-refractivity contribution < 1.29 is 4.79 Å². The maximum atomic E-state index is 11.8. The Hall–Kier alpha value is -1.66. The second kappa shape index (κ2) is 8.35. The summed E-state index contributed by atoms with van der Waals surface area (Å²) in [6.07, 6.45) is 3.30. The molecule has 6 nitrogen and oxygen atoms in total. The average molecular weight is 398 g/mol. The number of likely N-dealkylation sites (N-methyl/N-ethyl adjacent to an activating group) is 1. The maximum absolute atomic E-state index is 11.8. The first-order valence-corrected chi connectivity index (χ1v) is 9.65. The molecule has 8 heteroatoms. The number of carbonyl (C=O) groups is 1. The summed E-state index contributed by atoms with van der Waals surface area (Å²) in [5.74, 6) is 0.717. The van der Waals surface area contributed by atoms with E-state index in [0.717, 1.165) is 44.0 Å². The lowest BCUT2D eigenvalue weighted by molar-refractivity contribution is -0.127. The Balaban J connectivity index is 1.59. The van der Waals surface area contributed by atoms with Crippen molar-refractivity contribution in [1.29, 1.82) is 0 Å². The Kier molecular flexibility index (Phi) is 6.14. The molecule has 2 N–H and O–H groups in total. The highest BCUT2D eigenvalue weighted by atomic mass is 35.5. The van der Waals surface area contributed by atoms with Gasteiger partial charge >= 0.3 is 0 Å². The van der Waals surface area contributed by atoms with E-state index in [-0.39, 0.29) is 18.5 Å². The van der Waals surface area contributed by atoms with Gasteiger partial charge in [-0.1, -0.05) is 23.2 Å². The van der Waals surface area contributed by atoms with Crippen molar-refractivity contribution in [3.8, 4) is 0 Å². The molecule has 1 amide bonds. The van der Waals surface area contributed by atoms with Crippen LogP contribution in [0, 0.1) is 0 Å². The van der Waals surface area contributed by atoms with E-state index < -0.39 is 0 Å². The highest BCUT2D eigenvalue weighted by Gasteiger charge is 2.27. The molecular weight excluding hydrogens is 373 g/mol. The zero-order chi connectivity index (χ0) is 18.7. The molecule has 1 aromatic rings. The molecule has 0 bridgehead atoms. The molecule has 1 aliphatic heterocycles. The van der Waals surface area contributed by atoms with Crippen LogP contribution >= 0.6 is 23.2 Å². The van der Waals surface area contributed by atoms with Crippen LogP contribution in [0.25, 0.3) is 0 Å². The first kappa shape index (κ1) is 19.1. The molecule has 0 radical (unpaired) electrons. The minimum Gasteiger partial charge on any atom is -0.369 e. The highest BCUT2D eigenvalue weighted by Crippen LogP contribution is 2.29. The van der Waals surface area contributed by atoms with Crippen LogP contribution < -0.4 is 15.5 Å². The molecule has 1 saturated heterocycles. The summed E-state index contributed by atoms with van der Waals surface area (Å²) in [6, 6.07) is 6.46. The van der Waals surface area contributed by atoms with E-state index in [0.29, 0.717) is 16.1 Å². The minimum atomic E-state index is -0.00856. The van der Waals surface area contributed by atoms with Crippen molar-refractivity contribution >= 4 is 40.8 Å². The molecule has 2 fully saturated rings. The fraction of sp³-hybridized carbons (Fsp3) is 0.556. The average Bonchev–Trinajstić information content (AvgIpc) is 3.30. The summed E-state index contributed by atoms with van der Waals surface area (Å²) in [6.45, 7) is 1.94. The van der Waals surface area contributed by atoms with Gasteiger partial charge in [0.1, 0.15) is 6.54 Å². The molecular formula is C18H25Cl2N5O. The lowest BCUT2D eigenvalue weighted by atomic mass is 10.2. The van der Waals surface area contributed by atoms with E-state index in [4.69, 9.17) is 23.2 Å². The molecule has 2 aliphatic rings. The number of amides is 1. The lowest BCUT2D eigenvalue weighted by Crippen LogP contribution is -2.46. The third-order valence-corrected chi connectivity index (χ3v) is 5.33. The zero-order valence-electron chi connectivity index (χ0n) is 15.1. The second-order valence-electron chi connectivity index (χ2n) is 7.05. The van der Waals surface area contributed by atoms with E-state index in [1.807, 2.05) is 18.2 Å². The number of rotatable bonds is 5. The number of guanidine groups is 1. The second-order valence-corrected chi connectivity index (χ2v) is 7.86. The van der Waals surface area contributed by atoms with Gasteiger partial charge in [-0.25, -0.2) is 4.99 Å². The largest absolute Gasteiger partial charge is 0.369 e. The smallest absolute Gasteiger partial charge is 0.243 e. The summed E-state index contributed by atoms with van der Waals surface area (Å²) < 4.78 is 0. The van der Waals surface area contributed by atoms with Gasteiger partial charge in [0.15, 0.2) is 5.96 Å². The van der Waals surface area contributed by atoms with E-state index in [1.165, 1.54) is 0 Å². The summed E-state index contributed by atoms with van der Waals surface area (Å²) in [7, 11) is 3.48. The Morgan fingerprint density at radius 1 is 1.19 bits per heavy atom. The Morgan fingerprint density at radius 2 is 1.92 bits per heavy atom. The van der Waals surface area contributed by atoms with E-state index in [2.05, 4.69) is 20.5 Å². The number of nitrogens with one attached hydrogen (secondary N) is 2. The molecule has 1 atom stereocenters. The van der Waals surface area contributed by atoms with Crippen molar-refractivity contribution in [3.63, 3.8) is 0 Å². The third-order valence-electron chi connectivity index (χ3n) is 4.59. The molecule has 1 aromatic carbocycles. The predicted molar refractivity (Wildman–Crippen MR) is 107 cm³/mol. The van der Waals surface area contributed by atoms with Gasteiger partial charge in [0.2, 0.25) is 5.91 Å². The van der Waals surface area contributed by atoms with Crippen LogP contribution in [0.15, 0.2) is 23.2 Å². The van der Waals surface area contributed by atoms with E-state index in [1.54, 1.807) is 19.0 Å².